The van der Waals surface area contributed by atoms with Crippen LogP contribution >= 0.6 is 0 Å². The summed E-state index contributed by atoms with van der Waals surface area (Å²) in [6.07, 6.45) is 0.771. The first kappa shape index (κ1) is 16.4. The fraction of sp³-hybridized carbons (Fsp3) is 0.769. The van der Waals surface area contributed by atoms with Gasteiger partial charge in [-0.05, 0) is 19.9 Å². The molecular weight excluding hydrogens is 264 g/mol. The number of hydrogen-bond acceptors (Lipinski definition) is 5. The number of carbonyl (C=O) groups excluding carboxylic acids is 1. The third kappa shape index (κ3) is 2.76. The van der Waals surface area contributed by atoms with Crippen molar-refractivity contribution in [3.05, 3.63) is 12.2 Å². The minimum atomic E-state index is -2.46. The minimum absolute atomic E-state index is 0.109. The van der Waals surface area contributed by atoms with Gasteiger partial charge in [0.15, 0.2) is 0 Å². The van der Waals surface area contributed by atoms with Crippen molar-refractivity contribution in [1.82, 2.24) is 0 Å². The van der Waals surface area contributed by atoms with Crippen LogP contribution in [0.15, 0.2) is 12.2 Å². The lowest BCUT2D eigenvalue weighted by Crippen LogP contribution is -2.72. The maximum absolute atomic E-state index is 11.5. The molecule has 0 spiro atoms. The number of esters is 1. The highest BCUT2D eigenvalue weighted by Crippen LogP contribution is 2.44. The second-order valence-electron chi connectivity index (χ2n) is 4.98. The van der Waals surface area contributed by atoms with Crippen LogP contribution in [-0.4, -0.2) is 47.2 Å². The zero-order valence-corrected chi connectivity index (χ0v) is 13.4. The van der Waals surface area contributed by atoms with Crippen molar-refractivity contribution in [1.29, 1.82) is 0 Å². The van der Waals surface area contributed by atoms with Gasteiger partial charge in [-0.2, -0.15) is 0 Å². The molecule has 0 radical (unpaired) electrons. The molecule has 0 aromatic rings. The number of ether oxygens (including phenoxy) is 2. The zero-order chi connectivity index (χ0) is 14.7. The SMILES string of the molecule is C=C(C)C(=O)OCC1COC1(CC)[Si](C)(OC)OC. The topological polar surface area (TPSA) is 54.0 Å². The van der Waals surface area contributed by atoms with Crippen LogP contribution in [-0.2, 0) is 23.1 Å². The lowest BCUT2D eigenvalue weighted by molar-refractivity contribution is -0.195. The highest BCUT2D eigenvalue weighted by Gasteiger charge is 2.63. The highest BCUT2D eigenvalue weighted by atomic mass is 28.4. The van der Waals surface area contributed by atoms with Crippen LogP contribution in [0.25, 0.3) is 0 Å². The van der Waals surface area contributed by atoms with E-state index in [2.05, 4.69) is 6.58 Å². The largest absolute Gasteiger partial charge is 0.462 e. The van der Waals surface area contributed by atoms with Crippen molar-refractivity contribution >= 4 is 14.5 Å². The molecule has 0 amide bonds. The summed E-state index contributed by atoms with van der Waals surface area (Å²) in [6.45, 7) is 10.1. The molecule has 110 valence electrons. The van der Waals surface area contributed by atoms with Crippen molar-refractivity contribution < 1.29 is 23.1 Å². The molecule has 19 heavy (non-hydrogen) atoms. The molecule has 1 aliphatic heterocycles. The summed E-state index contributed by atoms with van der Waals surface area (Å²) in [6, 6.07) is 0. The summed E-state index contributed by atoms with van der Waals surface area (Å²) < 4.78 is 22.3. The summed E-state index contributed by atoms with van der Waals surface area (Å²) in [4.78, 5) is 11.5. The van der Waals surface area contributed by atoms with Gasteiger partial charge in [-0.1, -0.05) is 13.5 Å². The number of carbonyl (C=O) groups is 1. The van der Waals surface area contributed by atoms with Gasteiger partial charge in [0.05, 0.1) is 13.2 Å². The normalized spacial score (nSPS) is 26.7. The zero-order valence-electron chi connectivity index (χ0n) is 12.4. The molecule has 2 unspecified atom stereocenters. The molecule has 0 saturated carbocycles. The van der Waals surface area contributed by atoms with E-state index in [1.54, 1.807) is 21.1 Å². The summed E-state index contributed by atoms with van der Waals surface area (Å²) in [5, 5.41) is -0.453. The van der Waals surface area contributed by atoms with Crippen molar-refractivity contribution in [2.75, 3.05) is 27.4 Å². The third-order valence-electron chi connectivity index (χ3n) is 4.04. The number of rotatable bonds is 7. The molecule has 1 rings (SSSR count). The second-order valence-corrected chi connectivity index (χ2v) is 8.54. The van der Waals surface area contributed by atoms with Crippen molar-refractivity contribution in [3.8, 4) is 0 Å². The molecular formula is C13H24O5Si. The van der Waals surface area contributed by atoms with E-state index in [0.717, 1.165) is 6.42 Å². The maximum Gasteiger partial charge on any atom is 0.368 e. The van der Waals surface area contributed by atoms with Crippen molar-refractivity contribution in [2.24, 2.45) is 5.92 Å². The Morgan fingerprint density at radius 2 is 2.05 bits per heavy atom. The van der Waals surface area contributed by atoms with Gasteiger partial charge >= 0.3 is 14.5 Å². The Kier molecular flexibility index (Phi) is 5.31. The molecule has 5 nitrogen and oxygen atoms in total. The Morgan fingerprint density at radius 1 is 1.47 bits per heavy atom. The standard InChI is InChI=1S/C13H24O5Si/c1-7-13(19(6,15-4)16-5)11(9-18-13)8-17-12(14)10(2)3/h11H,2,7-9H2,1,3-6H3. The van der Waals surface area contributed by atoms with Crippen LogP contribution in [0.4, 0.5) is 0 Å². The molecule has 0 N–H and O–H groups in total. The van der Waals surface area contributed by atoms with Crippen LogP contribution in [0.2, 0.25) is 6.55 Å². The second kappa shape index (κ2) is 6.17. The fourth-order valence-corrected chi connectivity index (χ4v) is 5.28. The third-order valence-corrected chi connectivity index (χ3v) is 8.04. The first-order valence-corrected chi connectivity index (χ1v) is 8.75. The molecule has 1 aliphatic rings. The lowest BCUT2D eigenvalue weighted by Gasteiger charge is -2.54. The van der Waals surface area contributed by atoms with E-state index in [0.29, 0.717) is 18.8 Å². The first-order chi connectivity index (χ1) is 8.86. The Labute approximate surface area is 116 Å². The Bertz CT molecular complexity index is 349. The number of hydrogen-bond donors (Lipinski definition) is 0. The van der Waals surface area contributed by atoms with Gasteiger partial charge in [0, 0.05) is 25.7 Å². The molecule has 2 atom stereocenters. The van der Waals surface area contributed by atoms with Gasteiger partial charge in [0.2, 0.25) is 0 Å². The Hall–Kier alpha value is -0.693. The van der Waals surface area contributed by atoms with E-state index >= 15 is 0 Å². The van der Waals surface area contributed by atoms with Gasteiger partial charge in [0.25, 0.3) is 0 Å². The molecule has 0 aliphatic carbocycles. The average molecular weight is 288 g/mol. The van der Waals surface area contributed by atoms with Gasteiger partial charge in [-0.3, -0.25) is 0 Å². The van der Waals surface area contributed by atoms with Crippen molar-refractivity contribution in [2.45, 2.75) is 32.0 Å². The molecule has 1 heterocycles. The minimum Gasteiger partial charge on any atom is -0.462 e. The highest BCUT2D eigenvalue weighted by molar-refractivity contribution is 6.69. The Balaban J connectivity index is 2.75. The average Bonchev–Trinajstić information content (AvgIpc) is 2.38. The summed E-state index contributed by atoms with van der Waals surface area (Å²) >= 11 is 0. The van der Waals surface area contributed by atoms with Gasteiger partial charge in [-0.25, -0.2) is 4.79 Å². The Morgan fingerprint density at radius 3 is 2.37 bits per heavy atom. The maximum atomic E-state index is 11.5. The predicted octanol–water partition coefficient (Wildman–Crippen LogP) is 1.80. The summed E-state index contributed by atoms with van der Waals surface area (Å²) in [5.41, 5.74) is 0.404. The van der Waals surface area contributed by atoms with Crippen LogP contribution < -0.4 is 0 Å². The van der Waals surface area contributed by atoms with E-state index in [1.807, 2.05) is 13.5 Å². The summed E-state index contributed by atoms with van der Waals surface area (Å²) in [7, 11) is 0.827. The smallest absolute Gasteiger partial charge is 0.368 e. The fourth-order valence-electron chi connectivity index (χ4n) is 2.53. The molecule has 1 fully saturated rings. The van der Waals surface area contributed by atoms with Gasteiger partial charge < -0.3 is 18.3 Å². The molecule has 6 heteroatoms. The quantitative estimate of drug-likeness (QED) is 0.406. The van der Waals surface area contributed by atoms with Crippen LogP contribution in [0.5, 0.6) is 0 Å². The van der Waals surface area contributed by atoms with E-state index in [-0.39, 0.29) is 11.9 Å². The predicted molar refractivity (Wildman–Crippen MR) is 73.9 cm³/mol. The molecule has 0 aromatic heterocycles. The first-order valence-electron chi connectivity index (χ1n) is 6.43. The van der Waals surface area contributed by atoms with Crippen molar-refractivity contribution in [3.63, 3.8) is 0 Å². The van der Waals surface area contributed by atoms with Crippen LogP contribution in [0.3, 0.4) is 0 Å². The van der Waals surface area contributed by atoms with Crippen LogP contribution in [0.1, 0.15) is 20.3 Å². The molecule has 0 bridgehead atoms. The monoisotopic (exact) mass is 288 g/mol. The van der Waals surface area contributed by atoms with E-state index in [4.69, 9.17) is 18.3 Å². The van der Waals surface area contributed by atoms with E-state index in [1.165, 1.54) is 0 Å². The van der Waals surface area contributed by atoms with E-state index in [9.17, 15) is 4.79 Å². The van der Waals surface area contributed by atoms with Crippen LogP contribution in [0, 0.1) is 5.92 Å². The molecule has 1 saturated heterocycles. The molecule has 0 aromatic carbocycles. The lowest BCUT2D eigenvalue weighted by atomic mass is 9.95. The summed E-state index contributed by atoms with van der Waals surface area (Å²) in [5.74, 6) is -0.257. The van der Waals surface area contributed by atoms with Gasteiger partial charge in [0.1, 0.15) is 5.22 Å². The van der Waals surface area contributed by atoms with Gasteiger partial charge in [-0.15, -0.1) is 0 Å². The van der Waals surface area contributed by atoms with E-state index < -0.39 is 13.8 Å².